The molecule has 28 heavy (non-hydrogen) atoms. The molecule has 0 aliphatic carbocycles. The molecule has 0 unspecified atom stereocenters. The summed E-state index contributed by atoms with van der Waals surface area (Å²) < 4.78 is 26.6. The quantitative estimate of drug-likeness (QED) is 0.634. The van der Waals surface area contributed by atoms with E-state index in [9.17, 15) is 13.2 Å². The van der Waals surface area contributed by atoms with Crippen LogP contribution in [0.15, 0.2) is 36.7 Å². The Morgan fingerprint density at radius 3 is 2.68 bits per heavy atom. The Morgan fingerprint density at radius 2 is 2.00 bits per heavy atom. The number of anilines is 1. The van der Waals surface area contributed by atoms with E-state index < -0.39 is 10.0 Å². The highest BCUT2D eigenvalue weighted by Gasteiger charge is 2.31. The van der Waals surface area contributed by atoms with Crippen LogP contribution in [0.4, 0.5) is 5.00 Å². The fourth-order valence-electron chi connectivity index (χ4n) is 3.25. The first kappa shape index (κ1) is 19.1. The largest absolute Gasteiger partial charge is 0.390 e. The maximum Gasteiger partial charge on any atom is 0.211 e. The fourth-order valence-corrected chi connectivity index (χ4v) is 5.38. The van der Waals surface area contributed by atoms with Gasteiger partial charge < -0.3 is 5.73 Å². The highest BCUT2D eigenvalue weighted by atomic mass is 35.5. The Labute approximate surface area is 171 Å². The van der Waals surface area contributed by atoms with Gasteiger partial charge in [-0.25, -0.2) is 13.1 Å². The zero-order chi connectivity index (χ0) is 20.1. The Hall–Kier alpha value is -2.20. The van der Waals surface area contributed by atoms with Crippen molar-refractivity contribution in [1.82, 2.24) is 14.1 Å². The summed E-state index contributed by atoms with van der Waals surface area (Å²) in [6.45, 7) is 0.590. The zero-order valence-electron chi connectivity index (χ0n) is 14.9. The molecule has 1 aromatic carbocycles. The predicted octanol–water partition coefficient (Wildman–Crippen LogP) is 2.72. The number of thiophene rings is 1. The molecule has 2 N–H and O–H groups in total. The van der Waals surface area contributed by atoms with Crippen molar-refractivity contribution in [3.63, 3.8) is 0 Å². The van der Waals surface area contributed by atoms with Crippen LogP contribution in [0.1, 0.15) is 26.4 Å². The van der Waals surface area contributed by atoms with E-state index >= 15 is 0 Å². The Morgan fingerprint density at radius 1 is 1.29 bits per heavy atom. The summed E-state index contributed by atoms with van der Waals surface area (Å²) in [7, 11) is -3.28. The van der Waals surface area contributed by atoms with Gasteiger partial charge in [0, 0.05) is 29.2 Å². The van der Waals surface area contributed by atoms with Crippen LogP contribution in [0.5, 0.6) is 0 Å². The van der Waals surface area contributed by atoms with E-state index in [0.29, 0.717) is 34.1 Å². The second-order valence-electron chi connectivity index (χ2n) is 6.57. The van der Waals surface area contributed by atoms with Crippen molar-refractivity contribution in [2.24, 2.45) is 0 Å². The van der Waals surface area contributed by atoms with Gasteiger partial charge in [0.2, 0.25) is 10.0 Å². The maximum atomic E-state index is 13.1. The van der Waals surface area contributed by atoms with E-state index in [0.717, 1.165) is 16.1 Å². The average molecular weight is 437 g/mol. The topological polar surface area (TPSA) is 98.3 Å². The average Bonchev–Trinajstić information content (AvgIpc) is 3.24. The molecule has 7 nitrogen and oxygen atoms in total. The van der Waals surface area contributed by atoms with Gasteiger partial charge in [0.15, 0.2) is 5.78 Å². The minimum absolute atomic E-state index is 0.206. The van der Waals surface area contributed by atoms with Crippen LogP contribution < -0.4 is 5.73 Å². The number of hydrogen-bond donors (Lipinski definition) is 1. The van der Waals surface area contributed by atoms with Crippen molar-refractivity contribution in [2.75, 3.05) is 18.5 Å². The van der Waals surface area contributed by atoms with Crippen LogP contribution in [0.2, 0.25) is 5.02 Å². The summed E-state index contributed by atoms with van der Waals surface area (Å²) >= 11 is 7.18. The fraction of sp³-hybridized carbons (Fsp3) is 0.222. The van der Waals surface area contributed by atoms with Crippen LogP contribution in [0.3, 0.4) is 0 Å². The monoisotopic (exact) mass is 436 g/mol. The van der Waals surface area contributed by atoms with Crippen molar-refractivity contribution >= 4 is 43.7 Å². The minimum Gasteiger partial charge on any atom is -0.390 e. The molecular formula is C18H17ClN4O3S2. The molecule has 0 amide bonds. The summed E-state index contributed by atoms with van der Waals surface area (Å²) in [5.41, 5.74) is 8.65. The van der Waals surface area contributed by atoms with E-state index in [4.69, 9.17) is 17.3 Å². The van der Waals surface area contributed by atoms with Gasteiger partial charge in [0.25, 0.3) is 0 Å². The van der Waals surface area contributed by atoms with Crippen molar-refractivity contribution in [3.8, 4) is 5.69 Å². The van der Waals surface area contributed by atoms with E-state index in [2.05, 4.69) is 5.10 Å². The van der Waals surface area contributed by atoms with Crippen LogP contribution in [0, 0.1) is 0 Å². The molecular weight excluding hydrogens is 420 g/mol. The second kappa shape index (κ2) is 7.00. The van der Waals surface area contributed by atoms with Crippen molar-refractivity contribution in [2.45, 2.75) is 13.0 Å². The Kier molecular flexibility index (Phi) is 4.78. The molecule has 0 saturated heterocycles. The number of nitrogen functional groups attached to an aromatic ring is 1. The minimum atomic E-state index is -3.28. The lowest BCUT2D eigenvalue weighted by atomic mass is 9.98. The number of hydrogen-bond acceptors (Lipinski definition) is 6. The summed E-state index contributed by atoms with van der Waals surface area (Å²) in [6.07, 6.45) is 4.81. The molecule has 0 spiro atoms. The summed E-state index contributed by atoms with van der Waals surface area (Å²) in [4.78, 5) is 13.9. The summed E-state index contributed by atoms with van der Waals surface area (Å²) in [5, 5.41) is 5.29. The van der Waals surface area contributed by atoms with Crippen LogP contribution in [0.25, 0.3) is 5.69 Å². The number of halogens is 1. The number of sulfonamides is 1. The number of fused-ring (bicyclic) bond motifs is 1. The first-order chi connectivity index (χ1) is 13.2. The first-order valence-corrected chi connectivity index (χ1v) is 11.5. The lowest BCUT2D eigenvalue weighted by Gasteiger charge is -2.24. The van der Waals surface area contributed by atoms with Crippen LogP contribution in [-0.4, -0.2) is 41.1 Å². The zero-order valence-corrected chi connectivity index (χ0v) is 17.3. The molecule has 1 aliphatic heterocycles. The van der Waals surface area contributed by atoms with Gasteiger partial charge in [0.1, 0.15) is 0 Å². The van der Waals surface area contributed by atoms with Gasteiger partial charge >= 0.3 is 0 Å². The van der Waals surface area contributed by atoms with Gasteiger partial charge in [-0.15, -0.1) is 11.3 Å². The molecule has 4 rings (SSSR count). The van der Waals surface area contributed by atoms with Gasteiger partial charge in [-0.1, -0.05) is 11.6 Å². The molecule has 10 heteroatoms. The normalized spacial score (nSPS) is 14.8. The number of carbonyl (C=O) groups excluding carboxylic acids is 1. The molecule has 3 heterocycles. The number of benzene rings is 1. The van der Waals surface area contributed by atoms with Gasteiger partial charge in [0.05, 0.1) is 34.3 Å². The Bertz CT molecular complexity index is 1170. The van der Waals surface area contributed by atoms with E-state index in [1.165, 1.54) is 28.1 Å². The molecule has 146 valence electrons. The van der Waals surface area contributed by atoms with Crippen molar-refractivity contribution in [1.29, 1.82) is 0 Å². The molecule has 3 aromatic rings. The smallest absolute Gasteiger partial charge is 0.211 e. The van der Waals surface area contributed by atoms with Gasteiger partial charge in [-0.05, 0) is 36.2 Å². The Balaban J connectivity index is 1.65. The molecule has 1 aliphatic rings. The molecule has 0 radical (unpaired) electrons. The number of nitrogens with two attached hydrogens (primary N) is 1. The third-order valence-electron chi connectivity index (χ3n) is 4.68. The molecule has 0 bridgehead atoms. The number of ketones is 1. The summed E-state index contributed by atoms with van der Waals surface area (Å²) in [5.74, 6) is -0.206. The molecule has 2 aromatic heterocycles. The number of nitrogens with zero attached hydrogens (tertiary/aromatic N) is 3. The predicted molar refractivity (Wildman–Crippen MR) is 110 cm³/mol. The van der Waals surface area contributed by atoms with Crippen molar-refractivity contribution < 1.29 is 13.2 Å². The van der Waals surface area contributed by atoms with E-state index in [1.807, 2.05) is 12.1 Å². The third-order valence-corrected chi connectivity index (χ3v) is 7.23. The van der Waals surface area contributed by atoms with Gasteiger partial charge in [-0.2, -0.15) is 9.40 Å². The molecule has 0 saturated carbocycles. The number of carbonyl (C=O) groups is 1. The highest BCUT2D eigenvalue weighted by Crippen LogP contribution is 2.37. The lowest BCUT2D eigenvalue weighted by molar-refractivity contribution is 0.103. The highest BCUT2D eigenvalue weighted by molar-refractivity contribution is 7.88. The van der Waals surface area contributed by atoms with Gasteiger partial charge in [-0.3, -0.25) is 4.79 Å². The van der Waals surface area contributed by atoms with Crippen molar-refractivity contribution in [3.05, 3.63) is 63.2 Å². The van der Waals surface area contributed by atoms with Crippen LogP contribution >= 0.6 is 22.9 Å². The number of rotatable bonds is 4. The first-order valence-electron chi connectivity index (χ1n) is 8.44. The second-order valence-corrected chi connectivity index (χ2v) is 10.1. The maximum absolute atomic E-state index is 13.1. The SMILES string of the molecule is CS(=O)(=O)N1CCc2c(sc(N)c2C(=O)c2cnn(-c3ccc(Cl)cc3)c2)C1. The van der Waals surface area contributed by atoms with Crippen LogP contribution in [-0.2, 0) is 23.0 Å². The molecule has 0 atom stereocenters. The van der Waals surface area contributed by atoms with E-state index in [-0.39, 0.29) is 12.3 Å². The lowest BCUT2D eigenvalue weighted by Crippen LogP contribution is -2.34. The van der Waals surface area contributed by atoms with E-state index in [1.54, 1.807) is 23.0 Å². The standard InChI is InChI=1S/C18H17ClN4O3S2/c1-28(25,26)22-7-6-14-15(10-22)27-18(20)16(14)17(24)11-8-21-23(9-11)13-4-2-12(19)3-5-13/h2-5,8-9H,6-7,10,20H2,1H3. The number of aromatic nitrogens is 2. The summed E-state index contributed by atoms with van der Waals surface area (Å²) in [6, 6.07) is 7.12. The molecule has 0 fully saturated rings. The third kappa shape index (κ3) is 3.46.